The average Bonchev–Trinajstić information content (AvgIpc) is 3.45. The lowest BCUT2D eigenvalue weighted by molar-refractivity contribution is 0.216. The van der Waals surface area contributed by atoms with Crippen molar-refractivity contribution in [3.63, 3.8) is 0 Å². The summed E-state index contributed by atoms with van der Waals surface area (Å²) in [5.41, 5.74) is 9.15. The van der Waals surface area contributed by atoms with Gasteiger partial charge in [0, 0.05) is 59.8 Å². The molecule has 0 amide bonds. The average molecular weight is 538 g/mol. The molecule has 0 unspecified atom stereocenters. The number of fused-ring (bicyclic) bond motifs is 1. The van der Waals surface area contributed by atoms with Gasteiger partial charge in [-0.2, -0.15) is 10.4 Å². The van der Waals surface area contributed by atoms with Gasteiger partial charge in [-0.25, -0.2) is 4.98 Å². The van der Waals surface area contributed by atoms with Gasteiger partial charge in [-0.3, -0.25) is 10.1 Å². The molecule has 9 nitrogen and oxygen atoms in total. The first kappa shape index (κ1) is 25.1. The number of rotatable bonds is 6. The highest BCUT2D eigenvalue weighted by Crippen LogP contribution is 2.40. The molecule has 4 aromatic rings. The summed E-state index contributed by atoms with van der Waals surface area (Å²) in [6.45, 7) is 5.25. The van der Waals surface area contributed by atoms with E-state index in [1.807, 2.05) is 26.0 Å². The fraction of sp³-hybridized carbons (Fsp3) is 0.308. The number of ether oxygens (including phenoxy) is 2. The summed E-state index contributed by atoms with van der Waals surface area (Å²) in [7, 11) is 1.56. The number of nitriles is 1. The molecule has 2 atom stereocenters. The number of H-pyrrole nitrogens is 1. The summed E-state index contributed by atoms with van der Waals surface area (Å²) >= 11 is 12.7. The zero-order valence-corrected chi connectivity index (χ0v) is 22.1. The normalized spacial score (nSPS) is 18.1. The van der Waals surface area contributed by atoms with Crippen LogP contribution in [0.4, 0.5) is 5.82 Å². The molecule has 5 rings (SSSR count). The molecule has 37 heavy (non-hydrogen) atoms. The third kappa shape index (κ3) is 4.76. The van der Waals surface area contributed by atoms with E-state index < -0.39 is 6.10 Å². The van der Waals surface area contributed by atoms with Crippen LogP contribution in [0.5, 0.6) is 11.5 Å². The maximum Gasteiger partial charge on any atom is 0.162 e. The van der Waals surface area contributed by atoms with E-state index in [1.165, 1.54) is 12.4 Å². The van der Waals surface area contributed by atoms with Crippen molar-refractivity contribution in [2.75, 3.05) is 25.1 Å². The number of hydrogen-bond donors (Lipinski definition) is 2. The molecule has 3 N–H and O–H groups in total. The molecule has 0 radical (unpaired) electrons. The lowest BCUT2D eigenvalue weighted by Crippen LogP contribution is -2.39. The smallest absolute Gasteiger partial charge is 0.162 e. The van der Waals surface area contributed by atoms with Crippen LogP contribution in [-0.2, 0) is 0 Å². The van der Waals surface area contributed by atoms with Crippen molar-refractivity contribution in [2.45, 2.75) is 31.9 Å². The molecule has 1 aromatic carbocycles. The van der Waals surface area contributed by atoms with Crippen LogP contribution in [0.3, 0.4) is 0 Å². The quantitative estimate of drug-likeness (QED) is 0.340. The molecule has 0 spiro atoms. The molecular weight excluding hydrogens is 513 g/mol. The second kappa shape index (κ2) is 9.71. The standard InChI is InChI=1S/C26H25Cl2N7O2/c1-14(23-18(27)11-31-12-19(23)28)37-22-7-17-20(8-21(22)36-3)33-34-24(17)16-6-15(9-29)25(32-10-16)35-5-4-26(2,30)13-35/h6-8,10-12,14H,4-5,13,30H2,1-3H3,(H,33,34)/t14-,26-/m1/s1. The first-order valence-electron chi connectivity index (χ1n) is 11.7. The Morgan fingerprint density at radius 1 is 1.19 bits per heavy atom. The van der Waals surface area contributed by atoms with Gasteiger partial charge in [0.15, 0.2) is 11.5 Å². The Morgan fingerprint density at radius 2 is 1.95 bits per heavy atom. The summed E-state index contributed by atoms with van der Waals surface area (Å²) < 4.78 is 11.8. The van der Waals surface area contributed by atoms with Gasteiger partial charge in [-0.1, -0.05) is 23.2 Å². The second-order valence-electron chi connectivity index (χ2n) is 9.43. The van der Waals surface area contributed by atoms with Crippen LogP contribution >= 0.6 is 23.2 Å². The van der Waals surface area contributed by atoms with Crippen LogP contribution in [0.25, 0.3) is 22.2 Å². The fourth-order valence-corrected chi connectivity index (χ4v) is 5.31. The number of anilines is 1. The first-order chi connectivity index (χ1) is 17.7. The molecule has 4 heterocycles. The van der Waals surface area contributed by atoms with Gasteiger partial charge in [-0.05, 0) is 32.4 Å². The van der Waals surface area contributed by atoms with Crippen molar-refractivity contribution >= 4 is 39.9 Å². The molecule has 1 saturated heterocycles. The summed E-state index contributed by atoms with van der Waals surface area (Å²) in [5.74, 6) is 1.63. The van der Waals surface area contributed by atoms with E-state index in [-0.39, 0.29) is 5.54 Å². The van der Waals surface area contributed by atoms with Gasteiger partial charge in [0.05, 0.1) is 28.2 Å². The highest BCUT2D eigenvalue weighted by molar-refractivity contribution is 6.35. The zero-order chi connectivity index (χ0) is 26.3. The number of benzene rings is 1. The Hall–Kier alpha value is -3.58. The maximum absolute atomic E-state index is 9.87. The van der Waals surface area contributed by atoms with E-state index in [4.69, 9.17) is 38.4 Å². The highest BCUT2D eigenvalue weighted by Gasteiger charge is 2.32. The molecule has 190 valence electrons. The molecule has 3 aromatic heterocycles. The lowest BCUT2D eigenvalue weighted by Gasteiger charge is -2.21. The van der Waals surface area contributed by atoms with Gasteiger partial charge in [0.2, 0.25) is 0 Å². The van der Waals surface area contributed by atoms with Crippen LogP contribution in [0, 0.1) is 11.3 Å². The SMILES string of the molecule is COc1cc2[nH]nc(-c3cnc(N4CC[C@@](C)(N)C4)c(C#N)c3)c2cc1O[C@H](C)c1c(Cl)cncc1Cl. The van der Waals surface area contributed by atoms with Crippen LogP contribution in [0.15, 0.2) is 36.8 Å². The zero-order valence-electron chi connectivity index (χ0n) is 20.5. The Bertz CT molecular complexity index is 1510. The van der Waals surface area contributed by atoms with Crippen LogP contribution < -0.4 is 20.1 Å². The number of nitrogens with one attached hydrogen (secondary N) is 1. The number of aromatic amines is 1. The molecule has 1 fully saturated rings. The van der Waals surface area contributed by atoms with E-state index in [1.54, 1.807) is 19.4 Å². The molecule has 0 aliphatic carbocycles. The largest absolute Gasteiger partial charge is 0.493 e. The predicted molar refractivity (Wildman–Crippen MR) is 143 cm³/mol. The number of methoxy groups -OCH3 is 1. The number of halogens is 2. The van der Waals surface area contributed by atoms with Gasteiger partial charge in [0.1, 0.15) is 23.7 Å². The Morgan fingerprint density at radius 3 is 2.59 bits per heavy atom. The Kier molecular flexibility index (Phi) is 6.58. The molecular formula is C26H25Cl2N7O2. The molecule has 0 saturated carbocycles. The number of nitrogens with two attached hydrogens (primary N) is 1. The lowest BCUT2D eigenvalue weighted by atomic mass is 10.0. The fourth-order valence-electron chi connectivity index (χ4n) is 4.64. The van der Waals surface area contributed by atoms with Crippen molar-refractivity contribution in [3.8, 4) is 28.8 Å². The summed E-state index contributed by atoms with van der Waals surface area (Å²) in [6.07, 6.45) is 5.13. The second-order valence-corrected chi connectivity index (χ2v) is 10.2. The van der Waals surface area contributed by atoms with E-state index in [0.717, 1.165) is 23.9 Å². The maximum atomic E-state index is 9.87. The minimum atomic E-state index is -0.482. The molecule has 1 aliphatic heterocycles. The topological polar surface area (TPSA) is 126 Å². The minimum absolute atomic E-state index is 0.303. The highest BCUT2D eigenvalue weighted by atomic mass is 35.5. The van der Waals surface area contributed by atoms with Gasteiger partial charge in [-0.15, -0.1) is 0 Å². The Balaban J connectivity index is 1.52. The predicted octanol–water partition coefficient (Wildman–Crippen LogP) is 5.27. The monoisotopic (exact) mass is 537 g/mol. The Labute approximate surface area is 224 Å². The molecule has 0 bridgehead atoms. The number of pyridine rings is 2. The van der Waals surface area contributed by atoms with Crippen molar-refractivity contribution in [3.05, 3.63) is 58.0 Å². The first-order valence-corrected chi connectivity index (χ1v) is 12.4. The minimum Gasteiger partial charge on any atom is -0.493 e. The number of hydrogen-bond acceptors (Lipinski definition) is 8. The summed E-state index contributed by atoms with van der Waals surface area (Å²) in [6, 6.07) is 7.73. The summed E-state index contributed by atoms with van der Waals surface area (Å²) in [4.78, 5) is 10.7. The summed E-state index contributed by atoms with van der Waals surface area (Å²) in [5, 5.41) is 19.0. The van der Waals surface area contributed by atoms with Gasteiger partial charge >= 0.3 is 0 Å². The van der Waals surface area contributed by atoms with Gasteiger partial charge < -0.3 is 20.1 Å². The van der Waals surface area contributed by atoms with Crippen LogP contribution in [-0.4, -0.2) is 45.9 Å². The van der Waals surface area contributed by atoms with Crippen molar-refractivity contribution in [1.82, 2.24) is 20.2 Å². The molecule has 11 heteroatoms. The number of aromatic nitrogens is 4. The number of nitrogens with zero attached hydrogens (tertiary/aromatic N) is 5. The third-order valence-electron chi connectivity index (χ3n) is 6.51. The van der Waals surface area contributed by atoms with Crippen LogP contribution in [0.1, 0.15) is 37.5 Å². The van der Waals surface area contributed by atoms with Crippen molar-refractivity contribution < 1.29 is 9.47 Å². The van der Waals surface area contributed by atoms with Crippen molar-refractivity contribution in [1.29, 1.82) is 5.26 Å². The van der Waals surface area contributed by atoms with E-state index >= 15 is 0 Å². The third-order valence-corrected chi connectivity index (χ3v) is 7.12. The van der Waals surface area contributed by atoms with E-state index in [0.29, 0.717) is 56.3 Å². The van der Waals surface area contributed by atoms with Gasteiger partial charge in [0.25, 0.3) is 0 Å². The van der Waals surface area contributed by atoms with Crippen LogP contribution in [0.2, 0.25) is 10.0 Å². The molecule has 1 aliphatic rings. The van der Waals surface area contributed by atoms with E-state index in [2.05, 4.69) is 31.1 Å². The van der Waals surface area contributed by atoms with E-state index in [9.17, 15) is 5.26 Å². The van der Waals surface area contributed by atoms with Crippen molar-refractivity contribution in [2.24, 2.45) is 5.73 Å².